The van der Waals surface area contributed by atoms with Crippen LogP contribution in [-0.2, 0) is 7.05 Å². The standard InChI is InChI=1S/C16H20FN3O/c1-10(2)11(3)18-16(21)15-9-14(19-20(15)4)12-7-5-6-8-13(12)17/h5-11H,1-4H3,(H,18,21)/t11-/m0/s1. The van der Waals surface area contributed by atoms with Gasteiger partial charge in [-0.05, 0) is 31.0 Å². The van der Waals surface area contributed by atoms with E-state index < -0.39 is 0 Å². The molecule has 2 aromatic rings. The van der Waals surface area contributed by atoms with E-state index in [4.69, 9.17) is 0 Å². The molecule has 0 aliphatic rings. The number of benzene rings is 1. The summed E-state index contributed by atoms with van der Waals surface area (Å²) in [6, 6.07) is 8.07. The van der Waals surface area contributed by atoms with E-state index in [0.717, 1.165) is 0 Å². The zero-order valence-electron chi connectivity index (χ0n) is 12.7. The Hall–Kier alpha value is -2.17. The molecule has 0 spiro atoms. The minimum Gasteiger partial charge on any atom is -0.348 e. The molecular formula is C16H20FN3O. The molecule has 4 nitrogen and oxygen atoms in total. The number of aromatic nitrogens is 2. The van der Waals surface area contributed by atoms with Crippen LogP contribution < -0.4 is 5.32 Å². The van der Waals surface area contributed by atoms with Gasteiger partial charge < -0.3 is 5.32 Å². The number of rotatable bonds is 4. The molecule has 1 heterocycles. The zero-order valence-corrected chi connectivity index (χ0v) is 12.7. The third-order valence-corrected chi connectivity index (χ3v) is 3.62. The van der Waals surface area contributed by atoms with Crippen LogP contribution in [0.2, 0.25) is 0 Å². The molecule has 0 aliphatic carbocycles. The Kier molecular flexibility index (Phi) is 4.40. The van der Waals surface area contributed by atoms with Gasteiger partial charge in [0.15, 0.2) is 0 Å². The fourth-order valence-corrected chi connectivity index (χ4v) is 1.93. The number of carbonyl (C=O) groups is 1. The average molecular weight is 289 g/mol. The molecule has 1 amide bonds. The van der Waals surface area contributed by atoms with Crippen LogP contribution >= 0.6 is 0 Å². The quantitative estimate of drug-likeness (QED) is 0.940. The van der Waals surface area contributed by atoms with Crippen molar-refractivity contribution in [1.82, 2.24) is 15.1 Å². The summed E-state index contributed by atoms with van der Waals surface area (Å²) in [5.74, 6) is -0.208. The highest BCUT2D eigenvalue weighted by atomic mass is 19.1. The van der Waals surface area contributed by atoms with Gasteiger partial charge in [0.1, 0.15) is 11.5 Å². The van der Waals surface area contributed by atoms with Gasteiger partial charge in [0, 0.05) is 18.7 Å². The lowest BCUT2D eigenvalue weighted by molar-refractivity contribution is 0.0921. The van der Waals surface area contributed by atoms with Gasteiger partial charge in [-0.2, -0.15) is 5.10 Å². The normalized spacial score (nSPS) is 12.5. The highest BCUT2D eigenvalue weighted by Crippen LogP contribution is 2.22. The van der Waals surface area contributed by atoms with Gasteiger partial charge in [-0.1, -0.05) is 26.0 Å². The van der Waals surface area contributed by atoms with Crippen LogP contribution in [0.1, 0.15) is 31.3 Å². The van der Waals surface area contributed by atoms with Gasteiger partial charge in [-0.15, -0.1) is 0 Å². The van der Waals surface area contributed by atoms with Crippen LogP contribution in [0.25, 0.3) is 11.3 Å². The molecule has 0 fully saturated rings. The lowest BCUT2D eigenvalue weighted by Gasteiger charge is -2.17. The maximum Gasteiger partial charge on any atom is 0.269 e. The van der Waals surface area contributed by atoms with Gasteiger partial charge >= 0.3 is 0 Å². The Morgan fingerprint density at radius 1 is 1.29 bits per heavy atom. The van der Waals surface area contributed by atoms with Gasteiger partial charge in [0.2, 0.25) is 0 Å². The first-order valence-electron chi connectivity index (χ1n) is 7.00. The van der Waals surface area contributed by atoms with E-state index in [1.165, 1.54) is 10.7 Å². The Morgan fingerprint density at radius 2 is 1.95 bits per heavy atom. The molecule has 2 rings (SSSR count). The van der Waals surface area contributed by atoms with Crippen molar-refractivity contribution in [2.75, 3.05) is 0 Å². The average Bonchev–Trinajstić information content (AvgIpc) is 2.81. The monoisotopic (exact) mass is 289 g/mol. The molecule has 21 heavy (non-hydrogen) atoms. The highest BCUT2D eigenvalue weighted by molar-refractivity contribution is 5.93. The molecule has 1 atom stereocenters. The van der Waals surface area contributed by atoms with Crippen molar-refractivity contribution < 1.29 is 9.18 Å². The molecule has 112 valence electrons. The molecule has 0 saturated carbocycles. The number of hydrogen-bond donors (Lipinski definition) is 1. The summed E-state index contributed by atoms with van der Waals surface area (Å²) in [5.41, 5.74) is 1.27. The molecular weight excluding hydrogens is 269 g/mol. The third kappa shape index (κ3) is 3.29. The van der Waals surface area contributed by atoms with Crippen molar-refractivity contribution >= 4 is 5.91 Å². The predicted molar refractivity (Wildman–Crippen MR) is 80.4 cm³/mol. The van der Waals surface area contributed by atoms with Crippen LogP contribution in [0, 0.1) is 11.7 Å². The zero-order chi connectivity index (χ0) is 15.6. The Bertz CT molecular complexity index is 649. The summed E-state index contributed by atoms with van der Waals surface area (Å²) in [6.07, 6.45) is 0. The van der Waals surface area contributed by atoms with Crippen LogP contribution in [0.15, 0.2) is 30.3 Å². The topological polar surface area (TPSA) is 46.9 Å². The van der Waals surface area contributed by atoms with Crippen molar-refractivity contribution in [3.05, 3.63) is 41.8 Å². The van der Waals surface area contributed by atoms with Gasteiger partial charge in [-0.3, -0.25) is 9.48 Å². The van der Waals surface area contributed by atoms with E-state index in [-0.39, 0.29) is 17.8 Å². The number of amides is 1. The second-order valence-corrected chi connectivity index (χ2v) is 5.52. The van der Waals surface area contributed by atoms with E-state index >= 15 is 0 Å². The van der Waals surface area contributed by atoms with E-state index in [2.05, 4.69) is 10.4 Å². The van der Waals surface area contributed by atoms with E-state index in [9.17, 15) is 9.18 Å². The number of nitrogens with one attached hydrogen (secondary N) is 1. The number of hydrogen-bond acceptors (Lipinski definition) is 2. The maximum atomic E-state index is 13.8. The fourth-order valence-electron chi connectivity index (χ4n) is 1.93. The molecule has 0 unspecified atom stereocenters. The van der Waals surface area contributed by atoms with Crippen LogP contribution in [0.3, 0.4) is 0 Å². The molecule has 0 bridgehead atoms. The molecule has 0 radical (unpaired) electrons. The molecule has 1 aromatic heterocycles. The Labute approximate surface area is 124 Å². The van der Waals surface area contributed by atoms with Crippen molar-refractivity contribution in [1.29, 1.82) is 0 Å². The van der Waals surface area contributed by atoms with Crippen molar-refractivity contribution in [2.45, 2.75) is 26.8 Å². The second kappa shape index (κ2) is 6.08. The van der Waals surface area contributed by atoms with Crippen molar-refractivity contribution in [3.8, 4) is 11.3 Å². The minimum atomic E-state index is -0.349. The summed E-state index contributed by atoms with van der Waals surface area (Å²) in [6.45, 7) is 6.04. The summed E-state index contributed by atoms with van der Waals surface area (Å²) < 4.78 is 15.3. The van der Waals surface area contributed by atoms with Gasteiger partial charge in [0.25, 0.3) is 5.91 Å². The molecule has 1 N–H and O–H groups in total. The highest BCUT2D eigenvalue weighted by Gasteiger charge is 2.18. The Balaban J connectivity index is 2.28. The molecule has 0 saturated heterocycles. The van der Waals surface area contributed by atoms with Crippen LogP contribution in [0.4, 0.5) is 4.39 Å². The first-order valence-corrected chi connectivity index (χ1v) is 7.00. The molecule has 5 heteroatoms. The molecule has 0 aliphatic heterocycles. The first-order chi connectivity index (χ1) is 9.90. The van der Waals surface area contributed by atoms with Crippen molar-refractivity contribution in [2.24, 2.45) is 13.0 Å². The summed E-state index contributed by atoms with van der Waals surface area (Å²) in [5, 5.41) is 7.15. The predicted octanol–water partition coefficient (Wildman–Crippen LogP) is 3.00. The van der Waals surface area contributed by atoms with E-state index in [1.807, 2.05) is 20.8 Å². The second-order valence-electron chi connectivity index (χ2n) is 5.52. The van der Waals surface area contributed by atoms with Crippen LogP contribution in [-0.4, -0.2) is 21.7 Å². The summed E-state index contributed by atoms with van der Waals surface area (Å²) in [4.78, 5) is 12.2. The largest absolute Gasteiger partial charge is 0.348 e. The Morgan fingerprint density at radius 3 is 2.57 bits per heavy atom. The van der Waals surface area contributed by atoms with E-state index in [0.29, 0.717) is 22.9 Å². The van der Waals surface area contributed by atoms with Crippen LogP contribution in [0.5, 0.6) is 0 Å². The molecule has 1 aromatic carbocycles. The van der Waals surface area contributed by atoms with Gasteiger partial charge in [-0.25, -0.2) is 4.39 Å². The number of nitrogens with zero attached hydrogens (tertiary/aromatic N) is 2. The fraction of sp³-hybridized carbons (Fsp3) is 0.375. The van der Waals surface area contributed by atoms with Gasteiger partial charge in [0.05, 0.1) is 5.69 Å². The lowest BCUT2D eigenvalue weighted by Crippen LogP contribution is -2.37. The summed E-state index contributed by atoms with van der Waals surface area (Å²) >= 11 is 0. The van der Waals surface area contributed by atoms with E-state index in [1.54, 1.807) is 31.3 Å². The number of halogens is 1. The first kappa shape index (κ1) is 15.2. The maximum absolute atomic E-state index is 13.8. The number of aryl methyl sites for hydroxylation is 1. The SMILES string of the molecule is CC(C)[C@H](C)NC(=O)c1cc(-c2ccccc2F)nn1C. The third-order valence-electron chi connectivity index (χ3n) is 3.62. The minimum absolute atomic E-state index is 0.0595. The smallest absolute Gasteiger partial charge is 0.269 e. The lowest BCUT2D eigenvalue weighted by atomic mass is 10.1. The van der Waals surface area contributed by atoms with Crippen molar-refractivity contribution in [3.63, 3.8) is 0 Å². The number of carbonyl (C=O) groups excluding carboxylic acids is 1. The summed E-state index contributed by atoms with van der Waals surface area (Å²) in [7, 11) is 1.68.